The van der Waals surface area contributed by atoms with Gasteiger partial charge in [0, 0.05) is 17.8 Å². The summed E-state index contributed by atoms with van der Waals surface area (Å²) in [5, 5.41) is 13.1. The molecule has 3 amide bonds. The Hall–Kier alpha value is -3.68. The van der Waals surface area contributed by atoms with Crippen LogP contribution in [0.5, 0.6) is 5.75 Å². The van der Waals surface area contributed by atoms with E-state index < -0.39 is 24.4 Å². The van der Waals surface area contributed by atoms with Gasteiger partial charge in [0.15, 0.2) is 0 Å². The highest BCUT2D eigenvalue weighted by molar-refractivity contribution is 6.22. The van der Waals surface area contributed by atoms with Crippen molar-refractivity contribution in [3.8, 4) is 5.75 Å². The number of ether oxygens (including phenoxy) is 1. The average molecular weight is 395 g/mol. The van der Waals surface area contributed by atoms with Gasteiger partial charge in [-0.3, -0.25) is 19.3 Å². The molecule has 0 aromatic heterocycles. The van der Waals surface area contributed by atoms with Crippen LogP contribution in [0.2, 0.25) is 0 Å². The number of imide groups is 1. The molecule has 1 heterocycles. The molecule has 29 heavy (non-hydrogen) atoms. The molecule has 1 aliphatic rings. The van der Waals surface area contributed by atoms with E-state index in [1.54, 1.807) is 12.1 Å². The van der Waals surface area contributed by atoms with E-state index in [1.807, 2.05) is 13.8 Å². The SMILES string of the molecule is CC(C)CN1C(=O)c2ccc(C(=O)Nc3ccc(OCC(=O)[O-])cc3)cc2C1=O. The highest BCUT2D eigenvalue weighted by Gasteiger charge is 2.36. The zero-order chi connectivity index (χ0) is 21.1. The summed E-state index contributed by atoms with van der Waals surface area (Å²) in [4.78, 5) is 49.0. The Morgan fingerprint density at radius 1 is 1.03 bits per heavy atom. The third-order valence-corrected chi connectivity index (χ3v) is 4.25. The third-order valence-electron chi connectivity index (χ3n) is 4.25. The van der Waals surface area contributed by atoms with Crippen molar-refractivity contribution >= 4 is 29.4 Å². The molecule has 8 heteroatoms. The van der Waals surface area contributed by atoms with Gasteiger partial charge in [-0.2, -0.15) is 0 Å². The molecule has 1 aliphatic heterocycles. The Kier molecular flexibility index (Phi) is 5.63. The van der Waals surface area contributed by atoms with Crippen LogP contribution in [0, 0.1) is 5.92 Å². The van der Waals surface area contributed by atoms with E-state index in [0.717, 1.165) is 0 Å². The van der Waals surface area contributed by atoms with Crippen molar-refractivity contribution in [2.75, 3.05) is 18.5 Å². The van der Waals surface area contributed by atoms with Gasteiger partial charge in [-0.1, -0.05) is 13.8 Å². The van der Waals surface area contributed by atoms with Gasteiger partial charge < -0.3 is 20.0 Å². The molecule has 0 saturated carbocycles. The second-order valence-electron chi connectivity index (χ2n) is 7.01. The fourth-order valence-electron chi connectivity index (χ4n) is 2.94. The summed E-state index contributed by atoms with van der Waals surface area (Å²) in [5.41, 5.74) is 1.21. The summed E-state index contributed by atoms with van der Waals surface area (Å²) in [6, 6.07) is 10.5. The molecule has 0 saturated heterocycles. The van der Waals surface area contributed by atoms with Crippen molar-refractivity contribution < 1.29 is 29.0 Å². The van der Waals surface area contributed by atoms with Gasteiger partial charge in [0.2, 0.25) is 0 Å². The lowest BCUT2D eigenvalue weighted by Gasteiger charge is -2.15. The summed E-state index contributed by atoms with van der Waals surface area (Å²) in [5.74, 6) is -2.07. The molecule has 0 bridgehead atoms. The lowest BCUT2D eigenvalue weighted by atomic mass is 10.1. The average Bonchev–Trinajstić information content (AvgIpc) is 2.91. The number of anilines is 1. The number of benzene rings is 2. The number of rotatable bonds is 7. The molecule has 3 rings (SSSR count). The van der Waals surface area contributed by atoms with Gasteiger partial charge in [0.1, 0.15) is 12.4 Å². The van der Waals surface area contributed by atoms with Gasteiger partial charge in [-0.15, -0.1) is 0 Å². The van der Waals surface area contributed by atoms with Crippen molar-refractivity contribution in [2.45, 2.75) is 13.8 Å². The van der Waals surface area contributed by atoms with Gasteiger partial charge in [0.25, 0.3) is 17.7 Å². The smallest absolute Gasteiger partial charge is 0.261 e. The normalized spacial score (nSPS) is 12.9. The van der Waals surface area contributed by atoms with Crippen LogP contribution in [0.25, 0.3) is 0 Å². The molecule has 2 aromatic carbocycles. The Morgan fingerprint density at radius 3 is 2.31 bits per heavy atom. The first-order chi connectivity index (χ1) is 13.8. The van der Waals surface area contributed by atoms with Gasteiger partial charge in [-0.05, 0) is 48.4 Å². The second kappa shape index (κ2) is 8.14. The third kappa shape index (κ3) is 4.43. The Labute approximate surface area is 167 Å². The molecule has 2 aromatic rings. The number of fused-ring (bicyclic) bond motifs is 1. The van der Waals surface area contributed by atoms with E-state index in [1.165, 1.54) is 35.2 Å². The Bertz CT molecular complexity index is 981. The molecule has 0 unspecified atom stereocenters. The molecule has 0 aliphatic carbocycles. The number of hydrogen-bond donors (Lipinski definition) is 1. The fraction of sp³-hybridized carbons (Fsp3) is 0.238. The Balaban J connectivity index is 1.72. The van der Waals surface area contributed by atoms with Gasteiger partial charge in [0.05, 0.1) is 17.1 Å². The highest BCUT2D eigenvalue weighted by Crippen LogP contribution is 2.25. The first kappa shape index (κ1) is 20.1. The summed E-state index contributed by atoms with van der Waals surface area (Å²) in [7, 11) is 0. The first-order valence-electron chi connectivity index (χ1n) is 9.00. The molecule has 0 fully saturated rings. The monoisotopic (exact) mass is 395 g/mol. The second-order valence-corrected chi connectivity index (χ2v) is 7.01. The van der Waals surface area contributed by atoms with Crippen molar-refractivity contribution in [1.82, 2.24) is 4.90 Å². The van der Waals surface area contributed by atoms with Crippen LogP contribution in [0.1, 0.15) is 44.9 Å². The largest absolute Gasteiger partial charge is 0.546 e. The number of carbonyl (C=O) groups is 4. The van der Waals surface area contributed by atoms with Crippen LogP contribution < -0.4 is 15.2 Å². The summed E-state index contributed by atoms with van der Waals surface area (Å²) in [6.45, 7) is 3.58. The zero-order valence-corrected chi connectivity index (χ0v) is 15.9. The predicted octanol–water partition coefficient (Wildman–Crippen LogP) is 1.32. The lowest BCUT2D eigenvalue weighted by molar-refractivity contribution is -0.307. The van der Waals surface area contributed by atoms with Crippen LogP contribution in [-0.2, 0) is 4.79 Å². The fourth-order valence-corrected chi connectivity index (χ4v) is 2.94. The molecule has 0 atom stereocenters. The zero-order valence-electron chi connectivity index (χ0n) is 15.9. The molecule has 1 N–H and O–H groups in total. The van der Waals surface area contributed by atoms with Crippen LogP contribution in [0.3, 0.4) is 0 Å². The van der Waals surface area contributed by atoms with E-state index in [2.05, 4.69) is 5.32 Å². The summed E-state index contributed by atoms with van der Waals surface area (Å²) >= 11 is 0. The van der Waals surface area contributed by atoms with Crippen molar-refractivity contribution in [1.29, 1.82) is 0 Å². The van der Waals surface area contributed by atoms with Crippen molar-refractivity contribution in [3.05, 3.63) is 59.2 Å². The van der Waals surface area contributed by atoms with Crippen LogP contribution in [0.4, 0.5) is 5.69 Å². The number of carboxylic acid groups (broad SMARTS) is 1. The van der Waals surface area contributed by atoms with E-state index in [9.17, 15) is 24.3 Å². The number of nitrogens with zero attached hydrogens (tertiary/aromatic N) is 1. The minimum Gasteiger partial charge on any atom is -0.546 e. The summed E-state index contributed by atoms with van der Waals surface area (Å²) < 4.78 is 4.97. The number of aliphatic carboxylic acids is 1. The maximum absolute atomic E-state index is 12.5. The minimum absolute atomic E-state index is 0.138. The molecular weight excluding hydrogens is 376 g/mol. The molecule has 0 spiro atoms. The molecular formula is C21H19N2O6-. The predicted molar refractivity (Wildman–Crippen MR) is 102 cm³/mol. The maximum atomic E-state index is 12.5. The van der Waals surface area contributed by atoms with Gasteiger partial charge in [-0.25, -0.2) is 0 Å². The lowest BCUT2D eigenvalue weighted by Crippen LogP contribution is -2.33. The number of carbonyl (C=O) groups excluding carboxylic acids is 4. The Morgan fingerprint density at radius 2 is 1.69 bits per heavy atom. The van der Waals surface area contributed by atoms with Gasteiger partial charge >= 0.3 is 0 Å². The molecule has 8 nitrogen and oxygen atoms in total. The number of nitrogens with one attached hydrogen (secondary N) is 1. The van der Waals surface area contributed by atoms with Crippen LogP contribution in [-0.4, -0.2) is 41.7 Å². The molecule has 0 radical (unpaired) electrons. The van der Waals surface area contributed by atoms with Crippen molar-refractivity contribution in [2.24, 2.45) is 5.92 Å². The number of hydrogen-bond acceptors (Lipinski definition) is 6. The standard InChI is InChI=1S/C21H20N2O6/c1-12(2)10-23-20(27)16-8-3-13(9-17(16)21(23)28)19(26)22-14-4-6-15(7-5-14)29-11-18(24)25/h3-9,12H,10-11H2,1-2H3,(H,22,26)(H,24,25)/p-1. The summed E-state index contributed by atoms with van der Waals surface area (Å²) in [6.07, 6.45) is 0. The topological polar surface area (TPSA) is 116 Å². The van der Waals surface area contributed by atoms with E-state index in [0.29, 0.717) is 23.5 Å². The van der Waals surface area contributed by atoms with Crippen molar-refractivity contribution in [3.63, 3.8) is 0 Å². The van der Waals surface area contributed by atoms with Crippen LogP contribution in [0.15, 0.2) is 42.5 Å². The minimum atomic E-state index is -1.33. The van der Waals surface area contributed by atoms with E-state index >= 15 is 0 Å². The number of amides is 3. The first-order valence-corrected chi connectivity index (χ1v) is 9.00. The maximum Gasteiger partial charge on any atom is 0.261 e. The number of carboxylic acids is 1. The molecule has 150 valence electrons. The van der Waals surface area contributed by atoms with Crippen LogP contribution >= 0.6 is 0 Å². The van der Waals surface area contributed by atoms with E-state index in [-0.39, 0.29) is 23.0 Å². The van der Waals surface area contributed by atoms with E-state index in [4.69, 9.17) is 4.74 Å². The quantitative estimate of drug-likeness (QED) is 0.707. The highest BCUT2D eigenvalue weighted by atomic mass is 16.5.